The van der Waals surface area contributed by atoms with Crippen LogP contribution in [0.1, 0.15) is 10.5 Å². The highest BCUT2D eigenvalue weighted by molar-refractivity contribution is 7.98. The summed E-state index contributed by atoms with van der Waals surface area (Å²) in [7, 11) is 0. The topological polar surface area (TPSA) is 59.8 Å². The molecular weight excluding hydrogens is 376 g/mol. The number of hydrogen-bond donors (Lipinski definition) is 1. The summed E-state index contributed by atoms with van der Waals surface area (Å²) in [4.78, 5) is 18.1. The number of benzene rings is 2. The first kappa shape index (κ1) is 17.5. The number of carbonyl (C=O) groups is 1. The minimum Gasteiger partial charge on any atom is -0.320 e. The van der Waals surface area contributed by atoms with E-state index in [4.69, 9.17) is 0 Å². The van der Waals surface area contributed by atoms with E-state index in [1.165, 1.54) is 11.3 Å². The number of thioether (sulfide) groups is 1. The SMILES string of the molecule is CSc1ccccc1NC(=O)c1csc(-c2cnn(-c3ccccc3)c2)n1. The van der Waals surface area contributed by atoms with Crippen molar-refractivity contribution >= 4 is 34.7 Å². The van der Waals surface area contributed by atoms with Crippen LogP contribution in [0.5, 0.6) is 0 Å². The van der Waals surface area contributed by atoms with Gasteiger partial charge in [-0.2, -0.15) is 5.10 Å². The summed E-state index contributed by atoms with van der Waals surface area (Å²) in [5.74, 6) is -0.213. The molecule has 0 spiro atoms. The van der Waals surface area contributed by atoms with Gasteiger partial charge in [-0.15, -0.1) is 23.1 Å². The molecule has 0 aliphatic rings. The zero-order chi connectivity index (χ0) is 18.6. The average molecular weight is 393 g/mol. The van der Waals surface area contributed by atoms with Crippen molar-refractivity contribution in [2.75, 3.05) is 11.6 Å². The molecule has 0 atom stereocenters. The third kappa shape index (κ3) is 3.79. The van der Waals surface area contributed by atoms with E-state index in [0.29, 0.717) is 5.69 Å². The van der Waals surface area contributed by atoms with E-state index >= 15 is 0 Å². The van der Waals surface area contributed by atoms with Crippen LogP contribution < -0.4 is 5.32 Å². The van der Waals surface area contributed by atoms with Gasteiger partial charge in [-0.3, -0.25) is 4.79 Å². The van der Waals surface area contributed by atoms with Gasteiger partial charge in [0.1, 0.15) is 10.7 Å². The van der Waals surface area contributed by atoms with Gasteiger partial charge in [0.2, 0.25) is 0 Å². The largest absolute Gasteiger partial charge is 0.320 e. The predicted molar refractivity (Wildman–Crippen MR) is 111 cm³/mol. The zero-order valence-corrected chi connectivity index (χ0v) is 16.1. The van der Waals surface area contributed by atoms with Gasteiger partial charge in [0, 0.05) is 22.0 Å². The molecule has 2 aromatic carbocycles. The van der Waals surface area contributed by atoms with Crippen LogP contribution in [-0.2, 0) is 0 Å². The fourth-order valence-electron chi connectivity index (χ4n) is 2.60. The molecule has 0 saturated carbocycles. The Morgan fingerprint density at radius 3 is 2.70 bits per heavy atom. The maximum Gasteiger partial charge on any atom is 0.275 e. The molecule has 1 N–H and O–H groups in total. The molecule has 0 aliphatic heterocycles. The molecule has 0 radical (unpaired) electrons. The van der Waals surface area contributed by atoms with Gasteiger partial charge in [0.05, 0.1) is 17.6 Å². The van der Waals surface area contributed by atoms with Crippen LogP contribution >= 0.6 is 23.1 Å². The molecule has 0 bridgehead atoms. The summed E-state index contributed by atoms with van der Waals surface area (Å²) >= 11 is 3.02. The smallest absolute Gasteiger partial charge is 0.275 e. The molecule has 1 amide bonds. The van der Waals surface area contributed by atoms with E-state index in [-0.39, 0.29) is 5.91 Å². The maximum atomic E-state index is 12.6. The number of rotatable bonds is 5. The number of thiazole rings is 1. The summed E-state index contributed by atoms with van der Waals surface area (Å²) in [5, 5.41) is 9.86. The maximum absolute atomic E-state index is 12.6. The Morgan fingerprint density at radius 1 is 1.11 bits per heavy atom. The van der Waals surface area contributed by atoms with Crippen LogP contribution in [0.2, 0.25) is 0 Å². The fraction of sp³-hybridized carbons (Fsp3) is 0.0500. The van der Waals surface area contributed by atoms with Crippen molar-refractivity contribution in [3.63, 3.8) is 0 Å². The van der Waals surface area contributed by atoms with Gasteiger partial charge in [-0.25, -0.2) is 9.67 Å². The molecule has 4 aromatic rings. The number of nitrogens with zero attached hydrogens (tertiary/aromatic N) is 3. The van der Waals surface area contributed by atoms with Crippen LogP contribution in [-0.4, -0.2) is 26.9 Å². The molecule has 7 heteroatoms. The lowest BCUT2D eigenvalue weighted by atomic mass is 10.3. The number of para-hydroxylation sites is 2. The van der Waals surface area contributed by atoms with Gasteiger partial charge < -0.3 is 5.32 Å². The molecule has 0 saturated heterocycles. The highest BCUT2D eigenvalue weighted by atomic mass is 32.2. The normalized spacial score (nSPS) is 10.7. The third-order valence-electron chi connectivity index (χ3n) is 3.94. The number of hydrogen-bond acceptors (Lipinski definition) is 5. The molecule has 0 fully saturated rings. The van der Waals surface area contributed by atoms with E-state index in [9.17, 15) is 4.79 Å². The Morgan fingerprint density at radius 2 is 1.89 bits per heavy atom. The molecule has 4 rings (SSSR count). The molecule has 2 aromatic heterocycles. The van der Waals surface area contributed by atoms with Crippen molar-refractivity contribution in [1.82, 2.24) is 14.8 Å². The second-order valence-corrected chi connectivity index (χ2v) is 7.41. The number of carbonyl (C=O) groups excluding carboxylic acids is 1. The molecule has 5 nitrogen and oxygen atoms in total. The molecule has 134 valence electrons. The monoisotopic (exact) mass is 392 g/mol. The Bertz CT molecular complexity index is 1070. The first-order valence-corrected chi connectivity index (χ1v) is 10.4. The summed E-state index contributed by atoms with van der Waals surface area (Å²) in [6, 6.07) is 17.6. The molecule has 0 unspecified atom stereocenters. The van der Waals surface area contributed by atoms with Crippen molar-refractivity contribution in [2.24, 2.45) is 0 Å². The van der Waals surface area contributed by atoms with Crippen molar-refractivity contribution in [3.05, 3.63) is 78.1 Å². The lowest BCUT2D eigenvalue weighted by Gasteiger charge is -2.07. The van der Waals surface area contributed by atoms with Crippen LogP contribution in [0, 0.1) is 0 Å². The van der Waals surface area contributed by atoms with E-state index in [1.807, 2.05) is 67.0 Å². The van der Waals surface area contributed by atoms with E-state index < -0.39 is 0 Å². The second-order valence-electron chi connectivity index (χ2n) is 5.70. The minimum absolute atomic E-state index is 0.213. The summed E-state index contributed by atoms with van der Waals surface area (Å²) in [6.07, 6.45) is 5.66. The summed E-state index contributed by atoms with van der Waals surface area (Å²) in [6.45, 7) is 0. The highest BCUT2D eigenvalue weighted by Crippen LogP contribution is 2.27. The standard InChI is InChI=1S/C20H16N4OS2/c1-26-18-10-6-5-9-16(18)22-19(25)17-13-27-20(23-17)14-11-21-24(12-14)15-7-3-2-4-8-15/h2-13H,1H3,(H,22,25). The van der Waals surface area contributed by atoms with E-state index in [1.54, 1.807) is 28.0 Å². The van der Waals surface area contributed by atoms with Gasteiger partial charge >= 0.3 is 0 Å². The van der Waals surface area contributed by atoms with Gasteiger partial charge in [0.25, 0.3) is 5.91 Å². The number of nitrogens with one attached hydrogen (secondary N) is 1. The molecule has 0 aliphatic carbocycles. The first-order valence-electron chi connectivity index (χ1n) is 8.25. The first-order chi connectivity index (χ1) is 13.2. The predicted octanol–water partition coefficient (Wildman–Crippen LogP) is 4.97. The minimum atomic E-state index is -0.213. The summed E-state index contributed by atoms with van der Waals surface area (Å²) < 4.78 is 1.80. The lowest BCUT2D eigenvalue weighted by Crippen LogP contribution is -2.12. The fourth-order valence-corrected chi connectivity index (χ4v) is 3.93. The number of anilines is 1. The van der Waals surface area contributed by atoms with Crippen LogP contribution in [0.3, 0.4) is 0 Å². The van der Waals surface area contributed by atoms with E-state index in [0.717, 1.165) is 26.8 Å². The molecule has 27 heavy (non-hydrogen) atoms. The van der Waals surface area contributed by atoms with Crippen LogP contribution in [0.25, 0.3) is 16.3 Å². The Labute approximate surface area is 165 Å². The van der Waals surface area contributed by atoms with Crippen molar-refractivity contribution in [2.45, 2.75) is 4.90 Å². The number of amides is 1. The van der Waals surface area contributed by atoms with Crippen LogP contribution in [0.15, 0.2) is 77.3 Å². The Kier molecular flexibility index (Phi) is 5.04. The highest BCUT2D eigenvalue weighted by Gasteiger charge is 2.14. The molecule has 2 heterocycles. The van der Waals surface area contributed by atoms with Gasteiger partial charge in [-0.1, -0.05) is 30.3 Å². The van der Waals surface area contributed by atoms with Crippen molar-refractivity contribution in [3.8, 4) is 16.3 Å². The zero-order valence-electron chi connectivity index (χ0n) is 14.5. The Balaban J connectivity index is 1.53. The van der Waals surface area contributed by atoms with Gasteiger partial charge in [0.15, 0.2) is 0 Å². The van der Waals surface area contributed by atoms with Gasteiger partial charge in [-0.05, 0) is 30.5 Å². The van der Waals surface area contributed by atoms with E-state index in [2.05, 4.69) is 15.4 Å². The average Bonchev–Trinajstić information content (AvgIpc) is 3.39. The van der Waals surface area contributed by atoms with Crippen molar-refractivity contribution < 1.29 is 4.79 Å². The number of aromatic nitrogens is 3. The third-order valence-corrected chi connectivity index (χ3v) is 5.63. The van der Waals surface area contributed by atoms with Crippen LogP contribution in [0.4, 0.5) is 5.69 Å². The summed E-state index contributed by atoms with van der Waals surface area (Å²) in [5.41, 5.74) is 3.05. The quantitative estimate of drug-likeness (QED) is 0.487. The second kappa shape index (κ2) is 7.77. The lowest BCUT2D eigenvalue weighted by molar-refractivity contribution is 0.102. The van der Waals surface area contributed by atoms with Crippen molar-refractivity contribution in [1.29, 1.82) is 0 Å². The Hall–Kier alpha value is -2.90. The molecular formula is C20H16N4OS2.